The lowest BCUT2D eigenvalue weighted by atomic mass is 10.2. The van der Waals surface area contributed by atoms with Crippen LogP contribution in [0.3, 0.4) is 0 Å². The van der Waals surface area contributed by atoms with Gasteiger partial charge in [-0.3, -0.25) is 9.59 Å². The van der Waals surface area contributed by atoms with Gasteiger partial charge in [0.2, 0.25) is 5.91 Å². The molecule has 3 rings (SSSR count). The van der Waals surface area contributed by atoms with E-state index in [1.165, 1.54) is 0 Å². The molecule has 32 heavy (non-hydrogen) atoms. The number of H-pyrrole nitrogens is 1. The zero-order valence-electron chi connectivity index (χ0n) is 18.5. The number of hydrogen-bond donors (Lipinski definition) is 1. The van der Waals surface area contributed by atoms with Crippen LogP contribution in [0.5, 0.6) is 11.5 Å². The summed E-state index contributed by atoms with van der Waals surface area (Å²) < 4.78 is 16.5. The van der Waals surface area contributed by atoms with Crippen molar-refractivity contribution >= 4 is 16.8 Å². The second-order valence-electron chi connectivity index (χ2n) is 7.17. The highest BCUT2D eigenvalue weighted by molar-refractivity contribution is 5.78. The predicted molar refractivity (Wildman–Crippen MR) is 122 cm³/mol. The van der Waals surface area contributed by atoms with E-state index >= 15 is 0 Å². The van der Waals surface area contributed by atoms with E-state index in [0.29, 0.717) is 67.4 Å². The molecule has 0 unspecified atom stereocenters. The van der Waals surface area contributed by atoms with Gasteiger partial charge in [-0.2, -0.15) is 0 Å². The average molecular weight is 440 g/mol. The quantitative estimate of drug-likeness (QED) is 0.436. The van der Waals surface area contributed by atoms with Crippen LogP contribution >= 0.6 is 0 Å². The topological polar surface area (TPSA) is 93.8 Å². The molecule has 0 saturated heterocycles. The molecule has 1 amide bonds. The van der Waals surface area contributed by atoms with Crippen molar-refractivity contribution in [1.29, 1.82) is 0 Å². The highest BCUT2D eigenvalue weighted by atomic mass is 16.5. The van der Waals surface area contributed by atoms with Crippen molar-refractivity contribution in [2.75, 3.05) is 33.5 Å². The minimum absolute atomic E-state index is 0.0560. The van der Waals surface area contributed by atoms with Crippen LogP contribution in [0.4, 0.5) is 0 Å². The largest absolute Gasteiger partial charge is 0.490 e. The number of carbonyl (C=O) groups is 1. The number of benzene rings is 2. The van der Waals surface area contributed by atoms with E-state index in [2.05, 4.69) is 9.97 Å². The number of carbonyl (C=O) groups excluding carboxylic acids is 1. The van der Waals surface area contributed by atoms with E-state index < -0.39 is 0 Å². The molecule has 170 valence electrons. The molecular weight excluding hydrogens is 410 g/mol. The molecule has 3 aromatic rings. The Morgan fingerprint density at radius 1 is 1.03 bits per heavy atom. The van der Waals surface area contributed by atoms with Gasteiger partial charge in [0.15, 0.2) is 11.5 Å². The molecule has 0 radical (unpaired) electrons. The lowest BCUT2D eigenvalue weighted by Crippen LogP contribution is -2.34. The molecule has 0 fully saturated rings. The van der Waals surface area contributed by atoms with Crippen LogP contribution < -0.4 is 15.0 Å². The molecule has 0 saturated carbocycles. The summed E-state index contributed by atoms with van der Waals surface area (Å²) in [7, 11) is 1.59. The Kier molecular flexibility index (Phi) is 8.62. The molecule has 0 spiro atoms. The third-order valence-corrected chi connectivity index (χ3v) is 4.86. The van der Waals surface area contributed by atoms with Crippen LogP contribution in [0, 0.1) is 0 Å². The maximum Gasteiger partial charge on any atom is 0.258 e. The second-order valence-corrected chi connectivity index (χ2v) is 7.17. The summed E-state index contributed by atoms with van der Waals surface area (Å²) in [4.78, 5) is 34.1. The van der Waals surface area contributed by atoms with E-state index in [9.17, 15) is 9.59 Å². The van der Waals surface area contributed by atoms with Gasteiger partial charge in [0, 0.05) is 20.1 Å². The summed E-state index contributed by atoms with van der Waals surface area (Å²) in [6.45, 7) is 3.86. The SMILES string of the molecule is CCOc1ccccc1OCCCC(=O)N(CCOC)Cc1nc2ccccc2c(=O)[nH]1. The zero-order valence-corrected chi connectivity index (χ0v) is 18.5. The Bertz CT molecular complexity index is 1080. The van der Waals surface area contributed by atoms with Crippen LogP contribution in [0.2, 0.25) is 0 Å². The summed E-state index contributed by atoms with van der Waals surface area (Å²) in [5, 5.41) is 0.524. The van der Waals surface area contributed by atoms with Crippen molar-refractivity contribution in [2.24, 2.45) is 0 Å². The molecule has 0 atom stereocenters. The number of hydrogen-bond acceptors (Lipinski definition) is 6. The van der Waals surface area contributed by atoms with Crippen molar-refractivity contribution in [1.82, 2.24) is 14.9 Å². The molecule has 0 bridgehead atoms. The Labute approximate surface area is 187 Å². The van der Waals surface area contributed by atoms with Gasteiger partial charge in [0.1, 0.15) is 5.82 Å². The van der Waals surface area contributed by atoms with E-state index in [4.69, 9.17) is 14.2 Å². The first-order valence-corrected chi connectivity index (χ1v) is 10.7. The number of fused-ring (bicyclic) bond motifs is 1. The highest BCUT2D eigenvalue weighted by Gasteiger charge is 2.16. The van der Waals surface area contributed by atoms with Crippen molar-refractivity contribution in [3.05, 3.63) is 64.7 Å². The maximum absolute atomic E-state index is 12.9. The van der Waals surface area contributed by atoms with Gasteiger partial charge in [-0.05, 0) is 37.6 Å². The van der Waals surface area contributed by atoms with E-state index in [-0.39, 0.29) is 18.0 Å². The van der Waals surface area contributed by atoms with Gasteiger partial charge in [-0.15, -0.1) is 0 Å². The minimum Gasteiger partial charge on any atom is -0.490 e. The van der Waals surface area contributed by atoms with Gasteiger partial charge in [-0.25, -0.2) is 4.98 Å². The average Bonchev–Trinajstić information content (AvgIpc) is 2.80. The van der Waals surface area contributed by atoms with Crippen LogP contribution in [0.1, 0.15) is 25.6 Å². The fourth-order valence-electron chi connectivity index (χ4n) is 3.29. The van der Waals surface area contributed by atoms with E-state index in [1.807, 2.05) is 37.3 Å². The molecule has 1 heterocycles. The highest BCUT2D eigenvalue weighted by Crippen LogP contribution is 2.26. The number of methoxy groups -OCH3 is 1. The molecular formula is C24H29N3O5. The molecule has 2 aromatic carbocycles. The fourth-order valence-corrected chi connectivity index (χ4v) is 3.29. The Morgan fingerprint density at radius 2 is 1.75 bits per heavy atom. The smallest absolute Gasteiger partial charge is 0.258 e. The Balaban J connectivity index is 1.60. The standard InChI is InChI=1S/C24H29N3O5/c1-3-31-20-11-6-7-12-21(20)32-15-8-13-23(28)27(14-16-30-2)17-22-25-19-10-5-4-9-18(19)24(29)26-22/h4-7,9-12H,3,8,13-17H2,1-2H3,(H,25,26,29). The van der Waals surface area contributed by atoms with Crippen LogP contribution in [0.15, 0.2) is 53.3 Å². The summed E-state index contributed by atoms with van der Waals surface area (Å²) >= 11 is 0. The number of para-hydroxylation sites is 3. The first-order valence-electron chi connectivity index (χ1n) is 10.7. The molecule has 8 heteroatoms. The summed E-state index contributed by atoms with van der Waals surface area (Å²) in [6, 6.07) is 14.6. The number of aromatic amines is 1. The van der Waals surface area contributed by atoms with Crippen molar-refractivity contribution in [2.45, 2.75) is 26.3 Å². The zero-order chi connectivity index (χ0) is 22.8. The number of nitrogens with zero attached hydrogens (tertiary/aromatic N) is 2. The van der Waals surface area contributed by atoms with Crippen LogP contribution in [-0.4, -0.2) is 54.3 Å². The van der Waals surface area contributed by atoms with Gasteiger partial charge < -0.3 is 24.1 Å². The van der Waals surface area contributed by atoms with Crippen LogP contribution in [0.25, 0.3) is 10.9 Å². The van der Waals surface area contributed by atoms with E-state index in [0.717, 1.165) is 0 Å². The lowest BCUT2D eigenvalue weighted by Gasteiger charge is -2.22. The fraction of sp³-hybridized carbons (Fsp3) is 0.375. The maximum atomic E-state index is 12.9. The third-order valence-electron chi connectivity index (χ3n) is 4.86. The Morgan fingerprint density at radius 3 is 2.50 bits per heavy atom. The molecule has 1 N–H and O–H groups in total. The molecule has 8 nitrogen and oxygen atoms in total. The number of ether oxygens (including phenoxy) is 3. The lowest BCUT2D eigenvalue weighted by molar-refractivity contribution is -0.132. The van der Waals surface area contributed by atoms with Gasteiger partial charge in [0.25, 0.3) is 5.56 Å². The monoisotopic (exact) mass is 439 g/mol. The van der Waals surface area contributed by atoms with Gasteiger partial charge >= 0.3 is 0 Å². The molecule has 1 aromatic heterocycles. The van der Waals surface area contributed by atoms with Gasteiger partial charge in [0.05, 0.1) is 37.3 Å². The predicted octanol–water partition coefficient (Wildman–Crippen LogP) is 3.16. The third kappa shape index (κ3) is 6.31. The van der Waals surface area contributed by atoms with Crippen molar-refractivity contribution in [3.63, 3.8) is 0 Å². The summed E-state index contributed by atoms with van der Waals surface area (Å²) in [6.07, 6.45) is 0.850. The first-order chi connectivity index (χ1) is 15.6. The number of aromatic nitrogens is 2. The van der Waals surface area contributed by atoms with Gasteiger partial charge in [-0.1, -0.05) is 24.3 Å². The summed E-state index contributed by atoms with van der Waals surface area (Å²) in [5.41, 5.74) is 0.387. The normalized spacial score (nSPS) is 10.8. The van der Waals surface area contributed by atoms with Crippen molar-refractivity contribution in [3.8, 4) is 11.5 Å². The van der Waals surface area contributed by atoms with Crippen LogP contribution in [-0.2, 0) is 16.1 Å². The second kappa shape index (κ2) is 11.9. The van der Waals surface area contributed by atoms with Crippen molar-refractivity contribution < 1.29 is 19.0 Å². The number of rotatable bonds is 12. The van der Waals surface area contributed by atoms with E-state index in [1.54, 1.807) is 30.2 Å². The molecule has 0 aliphatic carbocycles. The number of amides is 1. The minimum atomic E-state index is -0.217. The first kappa shape index (κ1) is 23.3. The molecule has 0 aliphatic heterocycles. The molecule has 0 aliphatic rings. The number of nitrogens with one attached hydrogen (secondary N) is 1. The summed E-state index contributed by atoms with van der Waals surface area (Å²) in [5.74, 6) is 1.74. The Hall–Kier alpha value is -3.39.